The molecule has 0 atom stereocenters. The maximum atomic E-state index is 11.6. The summed E-state index contributed by atoms with van der Waals surface area (Å²) in [4.78, 5) is 18.3. The van der Waals surface area contributed by atoms with Gasteiger partial charge in [0.2, 0.25) is 0 Å². The second-order valence-corrected chi connectivity index (χ2v) is 4.58. The van der Waals surface area contributed by atoms with Gasteiger partial charge in [-0.05, 0) is 12.3 Å². The fourth-order valence-corrected chi connectivity index (χ4v) is 1.83. The van der Waals surface area contributed by atoms with Crippen LogP contribution in [0.2, 0.25) is 0 Å². The number of nitrogens with one attached hydrogen (secondary N) is 1. The minimum absolute atomic E-state index is 0. The number of fused-ring (bicyclic) bond motifs is 1. The summed E-state index contributed by atoms with van der Waals surface area (Å²) in [7, 11) is 1.55. The van der Waals surface area contributed by atoms with Crippen LogP contribution in [-0.2, 0) is 0 Å². The second kappa shape index (κ2) is 7.25. The lowest BCUT2D eigenvalue weighted by atomic mass is 10.2. The number of H-pyrrole nitrogens is 1. The highest BCUT2D eigenvalue weighted by Crippen LogP contribution is 2.30. The zero-order valence-electron chi connectivity index (χ0n) is 10.6. The topological polar surface area (TPSA) is 64.2 Å². The number of aromatic nitrogens is 2. The van der Waals surface area contributed by atoms with Crippen LogP contribution in [0, 0.1) is 0 Å². The van der Waals surface area contributed by atoms with E-state index in [0.717, 1.165) is 5.75 Å². The van der Waals surface area contributed by atoms with E-state index < -0.39 is 0 Å². The third-order valence-electron chi connectivity index (χ3n) is 2.47. The monoisotopic (exact) mass is 302 g/mol. The van der Waals surface area contributed by atoms with Crippen molar-refractivity contribution in [3.63, 3.8) is 0 Å². The van der Waals surface area contributed by atoms with Gasteiger partial charge in [-0.3, -0.25) is 4.79 Å². The Balaban J connectivity index is 0.00000180. The summed E-state index contributed by atoms with van der Waals surface area (Å²) < 4.78 is 10.8. The number of methoxy groups -OCH3 is 1. The zero-order valence-corrected chi connectivity index (χ0v) is 12.3. The van der Waals surface area contributed by atoms with E-state index in [1.165, 1.54) is 6.33 Å². The maximum Gasteiger partial charge on any atom is 0.258 e. The largest absolute Gasteiger partial charge is 0.493 e. The van der Waals surface area contributed by atoms with Crippen molar-refractivity contribution in [3.05, 3.63) is 28.8 Å². The van der Waals surface area contributed by atoms with E-state index in [1.807, 2.05) is 6.26 Å². The van der Waals surface area contributed by atoms with Crippen LogP contribution in [0.3, 0.4) is 0 Å². The number of hydrogen-bond donors (Lipinski definition) is 1. The Labute approximate surface area is 121 Å². The number of halogens is 1. The van der Waals surface area contributed by atoms with E-state index in [-0.39, 0.29) is 18.0 Å². The lowest BCUT2D eigenvalue weighted by Crippen LogP contribution is -2.07. The molecule has 0 bridgehead atoms. The van der Waals surface area contributed by atoms with E-state index in [4.69, 9.17) is 9.47 Å². The average Bonchev–Trinajstić information content (AvgIpc) is 2.39. The summed E-state index contributed by atoms with van der Waals surface area (Å²) in [6, 6.07) is 3.37. The summed E-state index contributed by atoms with van der Waals surface area (Å²) in [5.74, 6) is 2.04. The van der Waals surface area contributed by atoms with Gasteiger partial charge in [-0.1, -0.05) is 0 Å². The third kappa shape index (κ3) is 3.54. The van der Waals surface area contributed by atoms with Crippen LogP contribution in [0.4, 0.5) is 0 Å². The molecule has 1 heterocycles. The molecule has 0 saturated heterocycles. The molecule has 0 radical (unpaired) electrons. The Hall–Kier alpha value is -1.40. The van der Waals surface area contributed by atoms with Crippen molar-refractivity contribution in [2.24, 2.45) is 0 Å². The molecule has 1 aromatic carbocycles. The predicted molar refractivity (Wildman–Crippen MR) is 80.0 cm³/mol. The second-order valence-electron chi connectivity index (χ2n) is 3.59. The molecular weight excluding hydrogens is 288 g/mol. The SMILES string of the molecule is COc1cc2c(=O)[nH]cnc2cc1OCCSC.Cl. The van der Waals surface area contributed by atoms with Crippen molar-refractivity contribution >= 4 is 35.1 Å². The van der Waals surface area contributed by atoms with Crippen molar-refractivity contribution in [1.29, 1.82) is 0 Å². The fourth-order valence-electron chi connectivity index (χ4n) is 1.58. The number of nitrogens with zero attached hydrogens (tertiary/aromatic N) is 1. The molecule has 0 aliphatic rings. The minimum Gasteiger partial charge on any atom is -0.493 e. The van der Waals surface area contributed by atoms with Crippen molar-refractivity contribution in [3.8, 4) is 11.5 Å². The molecule has 0 aliphatic carbocycles. The van der Waals surface area contributed by atoms with Crippen LogP contribution < -0.4 is 15.0 Å². The lowest BCUT2D eigenvalue weighted by molar-refractivity contribution is 0.314. The van der Waals surface area contributed by atoms with Crippen molar-refractivity contribution in [1.82, 2.24) is 9.97 Å². The van der Waals surface area contributed by atoms with Gasteiger partial charge in [-0.2, -0.15) is 11.8 Å². The lowest BCUT2D eigenvalue weighted by Gasteiger charge is -2.10. The Morgan fingerprint density at radius 3 is 2.84 bits per heavy atom. The Morgan fingerprint density at radius 1 is 1.37 bits per heavy atom. The van der Waals surface area contributed by atoms with Gasteiger partial charge in [-0.15, -0.1) is 12.4 Å². The van der Waals surface area contributed by atoms with Crippen LogP contribution >= 0.6 is 24.2 Å². The highest BCUT2D eigenvalue weighted by molar-refractivity contribution is 7.98. The van der Waals surface area contributed by atoms with E-state index in [0.29, 0.717) is 29.0 Å². The normalized spacial score (nSPS) is 10.0. The quantitative estimate of drug-likeness (QED) is 0.857. The molecule has 19 heavy (non-hydrogen) atoms. The van der Waals surface area contributed by atoms with Crippen LogP contribution in [0.5, 0.6) is 11.5 Å². The Bertz CT molecular complexity index is 603. The highest BCUT2D eigenvalue weighted by atomic mass is 35.5. The first-order valence-electron chi connectivity index (χ1n) is 5.43. The van der Waals surface area contributed by atoms with E-state index in [1.54, 1.807) is 31.0 Å². The van der Waals surface area contributed by atoms with Crippen LogP contribution in [0.1, 0.15) is 0 Å². The minimum atomic E-state index is -0.186. The summed E-state index contributed by atoms with van der Waals surface area (Å²) in [5.41, 5.74) is 0.410. The van der Waals surface area contributed by atoms with Gasteiger partial charge in [0.25, 0.3) is 5.56 Å². The van der Waals surface area contributed by atoms with Gasteiger partial charge in [-0.25, -0.2) is 4.98 Å². The molecule has 0 saturated carbocycles. The van der Waals surface area contributed by atoms with E-state index >= 15 is 0 Å². The summed E-state index contributed by atoms with van der Waals surface area (Å²) in [6.07, 6.45) is 3.39. The smallest absolute Gasteiger partial charge is 0.258 e. The van der Waals surface area contributed by atoms with Crippen molar-refractivity contribution in [2.45, 2.75) is 0 Å². The summed E-state index contributed by atoms with van der Waals surface area (Å²) >= 11 is 1.70. The molecule has 1 N–H and O–H groups in total. The molecule has 0 aliphatic heterocycles. The Morgan fingerprint density at radius 2 is 2.16 bits per heavy atom. The van der Waals surface area contributed by atoms with Gasteiger partial charge in [0.1, 0.15) is 0 Å². The number of ether oxygens (including phenoxy) is 2. The molecule has 0 spiro atoms. The molecule has 7 heteroatoms. The summed E-state index contributed by atoms with van der Waals surface area (Å²) in [6.45, 7) is 0.590. The fraction of sp³-hybridized carbons (Fsp3) is 0.333. The first kappa shape index (κ1) is 15.7. The van der Waals surface area contributed by atoms with Gasteiger partial charge < -0.3 is 14.5 Å². The number of benzene rings is 1. The van der Waals surface area contributed by atoms with E-state index in [9.17, 15) is 4.79 Å². The molecular formula is C12H15ClN2O3S. The van der Waals surface area contributed by atoms with Gasteiger partial charge in [0.05, 0.1) is 30.9 Å². The first-order valence-corrected chi connectivity index (χ1v) is 6.83. The van der Waals surface area contributed by atoms with Crippen LogP contribution in [-0.4, -0.2) is 35.7 Å². The van der Waals surface area contributed by atoms with Crippen molar-refractivity contribution < 1.29 is 9.47 Å². The highest BCUT2D eigenvalue weighted by Gasteiger charge is 2.09. The van der Waals surface area contributed by atoms with Crippen LogP contribution in [0.25, 0.3) is 10.9 Å². The molecule has 0 fully saturated rings. The predicted octanol–water partition coefficient (Wildman–Crippen LogP) is 2.10. The van der Waals surface area contributed by atoms with Gasteiger partial charge in [0, 0.05) is 11.8 Å². The number of rotatable bonds is 5. The molecule has 2 aromatic rings. The van der Waals surface area contributed by atoms with E-state index in [2.05, 4.69) is 9.97 Å². The molecule has 0 unspecified atom stereocenters. The molecule has 1 aromatic heterocycles. The zero-order chi connectivity index (χ0) is 13.0. The Kier molecular flexibility index (Phi) is 5.98. The van der Waals surface area contributed by atoms with Crippen molar-refractivity contribution in [2.75, 3.05) is 25.7 Å². The standard InChI is InChI=1S/C12H14N2O3S.ClH/c1-16-10-5-8-9(13-7-14-12(8)15)6-11(10)17-3-4-18-2;/h5-7H,3-4H2,1-2H3,(H,13,14,15);1H. The number of aromatic amines is 1. The summed E-state index contributed by atoms with van der Waals surface area (Å²) in [5, 5.41) is 0.492. The molecule has 0 amide bonds. The van der Waals surface area contributed by atoms with Crippen LogP contribution in [0.15, 0.2) is 23.3 Å². The maximum absolute atomic E-state index is 11.6. The molecule has 2 rings (SSSR count). The molecule has 5 nitrogen and oxygen atoms in total. The number of thioether (sulfide) groups is 1. The van der Waals surface area contributed by atoms with Gasteiger partial charge >= 0.3 is 0 Å². The first-order chi connectivity index (χ1) is 8.76. The number of hydrogen-bond acceptors (Lipinski definition) is 5. The van der Waals surface area contributed by atoms with Gasteiger partial charge in [0.15, 0.2) is 11.5 Å². The third-order valence-corrected chi connectivity index (χ3v) is 3.05. The average molecular weight is 303 g/mol. The molecule has 104 valence electrons.